The maximum atomic E-state index is 13.1. The summed E-state index contributed by atoms with van der Waals surface area (Å²) in [5.74, 6) is -5.12. The highest BCUT2D eigenvalue weighted by atomic mass is 19.2. The number of hydrogen-bond acceptors (Lipinski definition) is 2. The fraction of sp³-hybridized carbons (Fsp3) is 0.133. The molecule has 1 N–H and O–H groups in total. The van der Waals surface area contributed by atoms with Gasteiger partial charge in [0.2, 0.25) is 0 Å². The third kappa shape index (κ3) is 3.16. The van der Waals surface area contributed by atoms with Gasteiger partial charge in [-0.05, 0) is 24.3 Å². The molecule has 2 rings (SSSR count). The zero-order chi connectivity index (χ0) is 15.6. The largest absolute Gasteiger partial charge is 0.376 e. The standard InChI is InChI=1S/C15H13F3N2O/c1-20(2)13-6-4-3-5-12(13)19-15(21)9-7-10(16)14(18)11(17)8-9/h3-8H,1-2H3,(H,19,21). The van der Waals surface area contributed by atoms with Gasteiger partial charge in [0, 0.05) is 19.7 Å². The van der Waals surface area contributed by atoms with E-state index in [1.165, 1.54) is 0 Å². The van der Waals surface area contributed by atoms with Crippen molar-refractivity contribution in [3.05, 3.63) is 59.4 Å². The molecule has 0 unspecified atom stereocenters. The first kappa shape index (κ1) is 14.9. The van der Waals surface area contributed by atoms with Gasteiger partial charge in [-0.1, -0.05) is 12.1 Å². The van der Waals surface area contributed by atoms with Gasteiger partial charge < -0.3 is 10.2 Å². The van der Waals surface area contributed by atoms with E-state index in [1.54, 1.807) is 43.3 Å². The molecular formula is C15H13F3N2O. The average Bonchev–Trinajstić information content (AvgIpc) is 2.44. The molecule has 0 bridgehead atoms. The molecule has 0 fully saturated rings. The van der Waals surface area contributed by atoms with E-state index in [1.807, 2.05) is 0 Å². The smallest absolute Gasteiger partial charge is 0.255 e. The maximum absolute atomic E-state index is 13.1. The van der Waals surface area contributed by atoms with Crippen LogP contribution in [0.25, 0.3) is 0 Å². The first-order valence-corrected chi connectivity index (χ1v) is 6.12. The van der Waals surface area contributed by atoms with Crippen LogP contribution >= 0.6 is 0 Å². The molecule has 2 aromatic carbocycles. The number of nitrogens with one attached hydrogen (secondary N) is 1. The second-order valence-electron chi connectivity index (χ2n) is 4.62. The number of rotatable bonds is 3. The van der Waals surface area contributed by atoms with Crippen LogP contribution in [0.3, 0.4) is 0 Å². The molecule has 0 heterocycles. The summed E-state index contributed by atoms with van der Waals surface area (Å²) < 4.78 is 39.2. The highest BCUT2D eigenvalue weighted by molar-refractivity contribution is 6.05. The van der Waals surface area contributed by atoms with Crippen molar-refractivity contribution in [1.29, 1.82) is 0 Å². The van der Waals surface area contributed by atoms with Crippen LogP contribution < -0.4 is 10.2 Å². The zero-order valence-corrected chi connectivity index (χ0v) is 11.5. The predicted octanol–water partition coefficient (Wildman–Crippen LogP) is 3.42. The fourth-order valence-electron chi connectivity index (χ4n) is 1.85. The Labute approximate surface area is 120 Å². The Morgan fingerprint density at radius 2 is 1.62 bits per heavy atom. The topological polar surface area (TPSA) is 32.3 Å². The number of halogens is 3. The number of nitrogens with zero attached hydrogens (tertiary/aromatic N) is 1. The van der Waals surface area contributed by atoms with Crippen molar-refractivity contribution in [3.8, 4) is 0 Å². The number of hydrogen-bond donors (Lipinski definition) is 1. The molecule has 0 aliphatic rings. The highest BCUT2D eigenvalue weighted by Crippen LogP contribution is 2.24. The summed E-state index contributed by atoms with van der Waals surface area (Å²) in [6, 6.07) is 8.26. The molecule has 2 aromatic rings. The summed E-state index contributed by atoms with van der Waals surface area (Å²) in [5, 5.41) is 2.55. The van der Waals surface area contributed by atoms with Gasteiger partial charge in [0.1, 0.15) is 0 Å². The Kier molecular flexibility index (Phi) is 4.16. The van der Waals surface area contributed by atoms with Crippen molar-refractivity contribution in [2.24, 2.45) is 0 Å². The summed E-state index contributed by atoms with van der Waals surface area (Å²) in [4.78, 5) is 13.8. The quantitative estimate of drug-likeness (QED) is 0.880. The van der Waals surface area contributed by atoms with Gasteiger partial charge in [-0.15, -0.1) is 0 Å². The summed E-state index contributed by atoms with van der Waals surface area (Å²) in [6.45, 7) is 0. The molecule has 0 saturated carbocycles. The van der Waals surface area contributed by atoms with E-state index in [0.29, 0.717) is 17.8 Å². The molecule has 0 atom stereocenters. The normalized spacial score (nSPS) is 10.3. The first-order valence-electron chi connectivity index (χ1n) is 6.12. The van der Waals surface area contributed by atoms with Crippen LogP contribution in [0.4, 0.5) is 24.5 Å². The fourth-order valence-corrected chi connectivity index (χ4v) is 1.85. The lowest BCUT2D eigenvalue weighted by Crippen LogP contribution is -2.17. The van der Waals surface area contributed by atoms with E-state index in [2.05, 4.69) is 5.32 Å². The van der Waals surface area contributed by atoms with Crippen LogP contribution in [0, 0.1) is 17.5 Å². The van der Waals surface area contributed by atoms with Crippen molar-refractivity contribution >= 4 is 17.3 Å². The number of carbonyl (C=O) groups excluding carboxylic acids is 1. The van der Waals surface area contributed by atoms with E-state index >= 15 is 0 Å². The second kappa shape index (κ2) is 5.87. The van der Waals surface area contributed by atoms with Crippen LogP contribution in [-0.4, -0.2) is 20.0 Å². The van der Waals surface area contributed by atoms with Crippen LogP contribution in [0.1, 0.15) is 10.4 Å². The van der Waals surface area contributed by atoms with Crippen molar-refractivity contribution in [3.63, 3.8) is 0 Å². The van der Waals surface area contributed by atoms with Gasteiger partial charge in [0.25, 0.3) is 5.91 Å². The minimum absolute atomic E-state index is 0.292. The third-order valence-electron chi connectivity index (χ3n) is 2.88. The number of carbonyl (C=O) groups is 1. The number of amides is 1. The first-order chi connectivity index (χ1) is 9.90. The van der Waals surface area contributed by atoms with Gasteiger partial charge in [-0.2, -0.15) is 0 Å². The second-order valence-corrected chi connectivity index (χ2v) is 4.62. The molecule has 0 aromatic heterocycles. The van der Waals surface area contributed by atoms with Gasteiger partial charge in [-0.25, -0.2) is 13.2 Å². The molecule has 0 aliphatic heterocycles. The van der Waals surface area contributed by atoms with Crippen molar-refractivity contribution < 1.29 is 18.0 Å². The lowest BCUT2D eigenvalue weighted by atomic mass is 10.1. The van der Waals surface area contributed by atoms with Crippen LogP contribution in [0.2, 0.25) is 0 Å². The number of anilines is 2. The van der Waals surface area contributed by atoms with E-state index in [-0.39, 0.29) is 5.56 Å². The third-order valence-corrected chi connectivity index (χ3v) is 2.88. The summed E-state index contributed by atoms with van der Waals surface area (Å²) in [7, 11) is 3.59. The SMILES string of the molecule is CN(C)c1ccccc1NC(=O)c1cc(F)c(F)c(F)c1. The van der Waals surface area contributed by atoms with E-state index in [0.717, 1.165) is 5.69 Å². The molecule has 1 amide bonds. The predicted molar refractivity (Wildman–Crippen MR) is 75.0 cm³/mol. The van der Waals surface area contributed by atoms with Crippen molar-refractivity contribution in [1.82, 2.24) is 0 Å². The minimum Gasteiger partial charge on any atom is -0.376 e. The molecule has 0 saturated heterocycles. The Morgan fingerprint density at radius 1 is 1.05 bits per heavy atom. The molecule has 110 valence electrons. The lowest BCUT2D eigenvalue weighted by molar-refractivity contribution is 0.102. The van der Waals surface area contributed by atoms with Crippen molar-refractivity contribution in [2.45, 2.75) is 0 Å². The van der Waals surface area contributed by atoms with E-state index in [4.69, 9.17) is 0 Å². The Morgan fingerprint density at radius 3 is 2.19 bits per heavy atom. The zero-order valence-electron chi connectivity index (χ0n) is 11.5. The van der Waals surface area contributed by atoms with Crippen LogP contribution in [0.5, 0.6) is 0 Å². The Bertz CT molecular complexity index is 663. The van der Waals surface area contributed by atoms with Gasteiger partial charge in [-0.3, -0.25) is 4.79 Å². The number of benzene rings is 2. The summed E-state index contributed by atoms with van der Waals surface area (Å²) >= 11 is 0. The lowest BCUT2D eigenvalue weighted by Gasteiger charge is -2.17. The molecular weight excluding hydrogens is 281 g/mol. The van der Waals surface area contributed by atoms with Crippen molar-refractivity contribution in [2.75, 3.05) is 24.3 Å². The van der Waals surface area contributed by atoms with Gasteiger partial charge >= 0.3 is 0 Å². The average molecular weight is 294 g/mol. The van der Waals surface area contributed by atoms with E-state index < -0.39 is 23.4 Å². The van der Waals surface area contributed by atoms with Crippen LogP contribution in [0.15, 0.2) is 36.4 Å². The molecule has 3 nitrogen and oxygen atoms in total. The minimum atomic E-state index is -1.60. The molecule has 0 radical (unpaired) electrons. The maximum Gasteiger partial charge on any atom is 0.255 e. The van der Waals surface area contributed by atoms with Gasteiger partial charge in [0.15, 0.2) is 17.5 Å². The van der Waals surface area contributed by atoms with Gasteiger partial charge in [0.05, 0.1) is 11.4 Å². The van der Waals surface area contributed by atoms with Crippen LogP contribution in [-0.2, 0) is 0 Å². The molecule has 6 heteroatoms. The monoisotopic (exact) mass is 294 g/mol. The Hall–Kier alpha value is -2.50. The Balaban J connectivity index is 2.31. The summed E-state index contributed by atoms with van der Waals surface area (Å²) in [6.07, 6.45) is 0. The molecule has 0 aliphatic carbocycles. The molecule has 0 spiro atoms. The number of para-hydroxylation sites is 2. The summed E-state index contributed by atoms with van der Waals surface area (Å²) in [5.41, 5.74) is 0.923. The van der Waals surface area contributed by atoms with E-state index in [9.17, 15) is 18.0 Å². The molecule has 21 heavy (non-hydrogen) atoms. The highest BCUT2D eigenvalue weighted by Gasteiger charge is 2.16.